The summed E-state index contributed by atoms with van der Waals surface area (Å²) >= 11 is 0.960. The third-order valence-corrected chi connectivity index (χ3v) is 10.8. The average molecular weight is 884 g/mol. The number of nitrogens with one attached hydrogen (secondary N) is 5. The molecule has 62 heavy (non-hydrogen) atoms. The first-order chi connectivity index (χ1) is 29.1. The molecule has 0 radical (unpaired) electrons. The van der Waals surface area contributed by atoms with Crippen LogP contribution in [0.15, 0.2) is 42.5 Å². The Balaban J connectivity index is 1.56. The van der Waals surface area contributed by atoms with Gasteiger partial charge in [0.05, 0.1) is 5.75 Å². The van der Waals surface area contributed by atoms with Crippen molar-refractivity contribution in [3.8, 4) is 0 Å². The molecule has 2 aromatic rings. The molecule has 0 spiro atoms. The number of esters is 2. The highest BCUT2D eigenvalue weighted by molar-refractivity contribution is 8.14. The van der Waals surface area contributed by atoms with Gasteiger partial charge in [0.15, 0.2) is 5.12 Å². The average Bonchev–Trinajstić information content (AvgIpc) is 3.18. The normalized spacial score (nSPS) is 16.8. The number of carboxylic acid groups (broad SMARTS) is 1. The molecule has 1 fully saturated rings. The number of aliphatic carboxylic acids is 1. The van der Waals surface area contributed by atoms with Crippen molar-refractivity contribution in [1.29, 1.82) is 0 Å². The largest absolute Gasteiger partial charge is 0.480 e. The van der Waals surface area contributed by atoms with Crippen LogP contribution in [-0.2, 0) is 49.5 Å². The number of hydrogen-bond acceptors (Lipinski definition) is 11. The standard InChI is InChI=1S/C45H65N5O11S/c1-28(51)62-27-37(52)47-26-29-15-19-32(20-16-29)39(54)48-36(25-30-17-18-31-12-8-9-13-33(31)24-30)40(55)46-23-11-10-14-34(41(56)57)49-43(59)50-35(42(58)61-45(5,6)7)21-22-38(53)60-44(2,3)4/h8-9,12-13,17-18,24,29,32,34-36H,10-11,14-16,19-23,25-27H2,1-7H3,(H,46,55)(H,47,52)(H,48,54)(H,56,57)(H2,49,50,59)/t29?,32?,34?,35-,36?/m0/s1. The van der Waals surface area contributed by atoms with E-state index in [0.29, 0.717) is 32.2 Å². The second-order valence-corrected chi connectivity index (χ2v) is 18.9. The Bertz CT molecular complexity index is 1880. The van der Waals surface area contributed by atoms with Gasteiger partial charge in [-0.2, -0.15) is 0 Å². The molecule has 0 bridgehead atoms. The van der Waals surface area contributed by atoms with Crippen LogP contribution in [0.1, 0.15) is 112 Å². The zero-order chi connectivity index (χ0) is 46.0. The van der Waals surface area contributed by atoms with E-state index >= 15 is 0 Å². The van der Waals surface area contributed by atoms with Crippen LogP contribution < -0.4 is 26.6 Å². The SMILES string of the molecule is CC(=O)SCC(=O)NCC1CCC(C(=O)NC(Cc2ccc3ccccc3c2)C(=O)NCCCCC(NC(=O)N[C@@H](CCC(=O)OC(C)(C)C)C(=O)OC(C)(C)C)C(=O)O)CC1. The predicted octanol–water partition coefficient (Wildman–Crippen LogP) is 4.94. The van der Waals surface area contributed by atoms with Gasteiger partial charge in [-0.1, -0.05) is 54.2 Å². The van der Waals surface area contributed by atoms with Gasteiger partial charge in [0.2, 0.25) is 17.7 Å². The fourth-order valence-electron chi connectivity index (χ4n) is 6.91. The minimum atomic E-state index is -1.33. The summed E-state index contributed by atoms with van der Waals surface area (Å²) in [4.78, 5) is 101. The Morgan fingerprint density at radius 1 is 0.758 bits per heavy atom. The Labute approximate surface area is 368 Å². The maximum Gasteiger partial charge on any atom is 0.329 e. The number of thioether (sulfide) groups is 1. The fourth-order valence-corrected chi connectivity index (χ4v) is 7.34. The lowest BCUT2D eigenvalue weighted by molar-refractivity contribution is -0.158. The lowest BCUT2D eigenvalue weighted by Crippen LogP contribution is -2.52. The molecule has 6 N–H and O–H groups in total. The zero-order valence-corrected chi connectivity index (χ0v) is 37.9. The lowest BCUT2D eigenvalue weighted by Gasteiger charge is -2.29. The number of fused-ring (bicyclic) bond motifs is 1. The van der Waals surface area contributed by atoms with Gasteiger partial charge in [0, 0.05) is 38.8 Å². The maximum atomic E-state index is 13.7. The first-order valence-corrected chi connectivity index (χ1v) is 22.3. The van der Waals surface area contributed by atoms with Crippen molar-refractivity contribution in [3.05, 3.63) is 48.0 Å². The van der Waals surface area contributed by atoms with E-state index < -0.39 is 59.2 Å². The van der Waals surface area contributed by atoms with Crippen molar-refractivity contribution in [3.63, 3.8) is 0 Å². The summed E-state index contributed by atoms with van der Waals surface area (Å²) < 4.78 is 10.7. The predicted molar refractivity (Wildman–Crippen MR) is 236 cm³/mol. The van der Waals surface area contributed by atoms with Gasteiger partial charge in [-0.05, 0) is 115 Å². The summed E-state index contributed by atoms with van der Waals surface area (Å²) in [5, 5.41) is 25.4. The molecular weight excluding hydrogens is 819 g/mol. The molecule has 1 aliphatic carbocycles. The van der Waals surface area contributed by atoms with Gasteiger partial charge in [-0.3, -0.25) is 24.0 Å². The van der Waals surface area contributed by atoms with Crippen molar-refractivity contribution in [1.82, 2.24) is 26.6 Å². The first kappa shape index (κ1) is 51.2. The van der Waals surface area contributed by atoms with Crippen LogP contribution in [0.3, 0.4) is 0 Å². The summed E-state index contributed by atoms with van der Waals surface area (Å²) in [6.45, 7) is 12.1. The summed E-state index contributed by atoms with van der Waals surface area (Å²) in [5.74, 6) is -3.50. The Morgan fingerprint density at radius 3 is 2.03 bits per heavy atom. The van der Waals surface area contributed by atoms with Gasteiger partial charge < -0.3 is 41.2 Å². The molecule has 5 amide bonds. The third kappa shape index (κ3) is 19.7. The van der Waals surface area contributed by atoms with Crippen molar-refractivity contribution in [2.45, 2.75) is 142 Å². The van der Waals surface area contributed by atoms with E-state index in [4.69, 9.17) is 9.47 Å². The highest BCUT2D eigenvalue weighted by atomic mass is 32.2. The number of carbonyl (C=O) groups excluding carboxylic acids is 7. The summed E-state index contributed by atoms with van der Waals surface area (Å²) in [7, 11) is 0. The zero-order valence-electron chi connectivity index (χ0n) is 37.1. The summed E-state index contributed by atoms with van der Waals surface area (Å²) in [6, 6.07) is 9.32. The molecule has 0 heterocycles. The van der Waals surface area contributed by atoms with Crippen molar-refractivity contribution in [2.75, 3.05) is 18.8 Å². The fraction of sp³-hybridized carbons (Fsp3) is 0.600. The first-order valence-electron chi connectivity index (χ1n) is 21.3. The number of unbranched alkanes of at least 4 members (excludes halogenated alkanes) is 1. The number of carbonyl (C=O) groups is 8. The lowest BCUT2D eigenvalue weighted by atomic mass is 9.81. The highest BCUT2D eigenvalue weighted by Crippen LogP contribution is 2.29. The van der Waals surface area contributed by atoms with Gasteiger partial charge in [0.25, 0.3) is 0 Å². The number of benzene rings is 2. The van der Waals surface area contributed by atoms with Gasteiger partial charge in [-0.15, -0.1) is 0 Å². The molecule has 3 atom stereocenters. The molecule has 1 saturated carbocycles. The van der Waals surface area contributed by atoms with Crippen LogP contribution in [0.2, 0.25) is 0 Å². The minimum absolute atomic E-state index is 0.00855. The number of urea groups is 1. The van der Waals surface area contributed by atoms with E-state index in [0.717, 1.165) is 40.9 Å². The Morgan fingerprint density at radius 2 is 1.40 bits per heavy atom. The van der Waals surface area contributed by atoms with Crippen LogP contribution in [0.25, 0.3) is 10.8 Å². The van der Waals surface area contributed by atoms with E-state index in [1.165, 1.54) is 6.92 Å². The van der Waals surface area contributed by atoms with Crippen molar-refractivity contribution >= 4 is 69.3 Å². The van der Waals surface area contributed by atoms with Crippen molar-refractivity contribution in [2.24, 2.45) is 11.8 Å². The molecule has 2 aromatic carbocycles. The summed E-state index contributed by atoms with van der Waals surface area (Å²) in [6.07, 6.45) is 3.23. The molecule has 1 aliphatic rings. The molecule has 0 aliphatic heterocycles. The number of ether oxygens (including phenoxy) is 2. The smallest absolute Gasteiger partial charge is 0.329 e. The van der Waals surface area contributed by atoms with Crippen LogP contribution in [0.5, 0.6) is 0 Å². The maximum absolute atomic E-state index is 13.7. The van der Waals surface area contributed by atoms with Gasteiger partial charge >= 0.3 is 23.9 Å². The van der Waals surface area contributed by atoms with Crippen LogP contribution in [0, 0.1) is 11.8 Å². The molecule has 0 aromatic heterocycles. The molecule has 342 valence electrons. The van der Waals surface area contributed by atoms with E-state index in [1.54, 1.807) is 41.5 Å². The van der Waals surface area contributed by atoms with Crippen LogP contribution in [0.4, 0.5) is 4.79 Å². The number of rotatable bonds is 21. The molecule has 2 unspecified atom stereocenters. The van der Waals surface area contributed by atoms with E-state index in [9.17, 15) is 43.5 Å². The van der Waals surface area contributed by atoms with E-state index in [1.807, 2.05) is 42.5 Å². The minimum Gasteiger partial charge on any atom is -0.480 e. The topological polar surface area (TPSA) is 235 Å². The molecular formula is C45H65N5O11S. The molecule has 3 rings (SSSR count). The number of amides is 5. The Hall–Kier alpha value is -5.19. The number of carboxylic acids is 1. The van der Waals surface area contributed by atoms with Crippen LogP contribution in [-0.4, -0.2) is 100 Å². The van der Waals surface area contributed by atoms with E-state index in [2.05, 4.69) is 26.6 Å². The molecule has 17 heteroatoms. The second-order valence-electron chi connectivity index (χ2n) is 17.8. The quantitative estimate of drug-likeness (QED) is 0.0723. The van der Waals surface area contributed by atoms with Gasteiger partial charge in [0.1, 0.15) is 29.3 Å². The van der Waals surface area contributed by atoms with Crippen LogP contribution >= 0.6 is 11.8 Å². The van der Waals surface area contributed by atoms with Crippen molar-refractivity contribution < 1.29 is 52.9 Å². The highest BCUT2D eigenvalue weighted by Gasteiger charge is 2.32. The Kier molecular flexibility index (Phi) is 20.2. The van der Waals surface area contributed by atoms with E-state index in [-0.39, 0.29) is 66.7 Å². The molecule has 16 nitrogen and oxygen atoms in total. The summed E-state index contributed by atoms with van der Waals surface area (Å²) in [5.41, 5.74) is -0.778. The monoisotopic (exact) mass is 883 g/mol. The molecule has 0 saturated heterocycles. The van der Waals surface area contributed by atoms with Gasteiger partial charge in [-0.25, -0.2) is 14.4 Å². The number of hydrogen-bond donors (Lipinski definition) is 6. The second kappa shape index (κ2) is 24.4. The third-order valence-electron chi connectivity index (χ3n) is 9.97.